The Kier molecular flexibility index (Phi) is 3.31. The number of rotatable bonds is 3. The molecule has 3 N–H and O–H groups in total. The van der Waals surface area contributed by atoms with E-state index in [1.165, 1.54) is 17.5 Å². The largest absolute Gasteiger partial charge is 0.391 e. The van der Waals surface area contributed by atoms with Crippen LogP contribution in [0.5, 0.6) is 0 Å². The van der Waals surface area contributed by atoms with Gasteiger partial charge in [0.1, 0.15) is 0 Å². The van der Waals surface area contributed by atoms with E-state index in [9.17, 15) is 5.11 Å². The van der Waals surface area contributed by atoms with Crippen LogP contribution in [0.2, 0.25) is 0 Å². The van der Waals surface area contributed by atoms with Gasteiger partial charge in [-0.15, -0.1) is 0 Å². The van der Waals surface area contributed by atoms with E-state index in [1.54, 1.807) is 0 Å². The van der Waals surface area contributed by atoms with E-state index in [0.29, 0.717) is 5.92 Å². The van der Waals surface area contributed by atoms with Crippen LogP contribution in [0.15, 0.2) is 18.2 Å². The standard InChI is InChI=1S/C14H21NO/c1-9-6-10(2)8-12(7-9)13(15)14(16)11-4-3-5-11/h6-8,11,13-14,16H,3-5,15H2,1-2H3/t13-,14+/m1/s1. The van der Waals surface area contributed by atoms with Crippen LogP contribution in [0.25, 0.3) is 0 Å². The molecule has 0 aliphatic heterocycles. The molecular formula is C14H21NO. The summed E-state index contributed by atoms with van der Waals surface area (Å²) in [6, 6.07) is 6.06. The number of aliphatic hydroxyl groups excluding tert-OH is 1. The molecule has 16 heavy (non-hydrogen) atoms. The molecule has 0 unspecified atom stereocenters. The molecule has 0 heterocycles. The van der Waals surface area contributed by atoms with Gasteiger partial charge in [0, 0.05) is 0 Å². The fourth-order valence-electron chi connectivity index (χ4n) is 2.47. The van der Waals surface area contributed by atoms with Gasteiger partial charge in [-0.3, -0.25) is 0 Å². The van der Waals surface area contributed by atoms with Gasteiger partial charge in [-0.1, -0.05) is 35.7 Å². The SMILES string of the molecule is Cc1cc(C)cc([C@@H](N)[C@@H](O)C2CCC2)c1. The monoisotopic (exact) mass is 219 g/mol. The summed E-state index contributed by atoms with van der Waals surface area (Å²) in [5.74, 6) is 0.413. The highest BCUT2D eigenvalue weighted by Gasteiger charge is 2.30. The highest BCUT2D eigenvalue weighted by molar-refractivity contribution is 5.31. The minimum absolute atomic E-state index is 0.233. The summed E-state index contributed by atoms with van der Waals surface area (Å²) >= 11 is 0. The van der Waals surface area contributed by atoms with Gasteiger partial charge in [0.05, 0.1) is 12.1 Å². The van der Waals surface area contributed by atoms with Crippen molar-refractivity contribution >= 4 is 0 Å². The lowest BCUT2D eigenvalue weighted by molar-refractivity contribution is 0.0413. The highest BCUT2D eigenvalue weighted by Crippen LogP contribution is 2.34. The lowest BCUT2D eigenvalue weighted by atomic mass is 9.77. The number of aryl methyl sites for hydroxylation is 2. The summed E-state index contributed by atoms with van der Waals surface area (Å²) < 4.78 is 0. The zero-order chi connectivity index (χ0) is 11.7. The van der Waals surface area contributed by atoms with Crippen molar-refractivity contribution < 1.29 is 5.11 Å². The second kappa shape index (κ2) is 4.56. The van der Waals surface area contributed by atoms with Crippen molar-refractivity contribution in [1.82, 2.24) is 0 Å². The van der Waals surface area contributed by atoms with E-state index in [2.05, 4.69) is 32.0 Å². The van der Waals surface area contributed by atoms with Crippen LogP contribution in [0.1, 0.15) is 42.0 Å². The van der Waals surface area contributed by atoms with Gasteiger partial charge in [-0.25, -0.2) is 0 Å². The molecule has 1 aliphatic carbocycles. The molecular weight excluding hydrogens is 198 g/mol. The third-order valence-electron chi connectivity index (χ3n) is 3.63. The average Bonchev–Trinajstić information content (AvgIpc) is 2.12. The smallest absolute Gasteiger partial charge is 0.0760 e. The number of hydrogen-bond acceptors (Lipinski definition) is 2. The third-order valence-corrected chi connectivity index (χ3v) is 3.63. The molecule has 0 saturated heterocycles. The van der Waals surface area contributed by atoms with Crippen LogP contribution < -0.4 is 5.73 Å². The van der Waals surface area contributed by atoms with Gasteiger partial charge in [0.2, 0.25) is 0 Å². The fraction of sp³-hybridized carbons (Fsp3) is 0.571. The molecule has 2 rings (SSSR count). The van der Waals surface area contributed by atoms with Gasteiger partial charge in [0.15, 0.2) is 0 Å². The second-order valence-corrected chi connectivity index (χ2v) is 5.13. The van der Waals surface area contributed by atoms with Crippen molar-refractivity contribution in [2.24, 2.45) is 11.7 Å². The predicted octanol–water partition coefficient (Wildman–Crippen LogP) is 2.46. The minimum Gasteiger partial charge on any atom is -0.391 e. The summed E-state index contributed by atoms with van der Waals surface area (Å²) in [5.41, 5.74) is 9.63. The van der Waals surface area contributed by atoms with Crippen molar-refractivity contribution in [3.8, 4) is 0 Å². The Bertz CT molecular complexity index is 351. The Morgan fingerprint density at radius 1 is 1.19 bits per heavy atom. The van der Waals surface area contributed by atoms with E-state index >= 15 is 0 Å². The Morgan fingerprint density at radius 3 is 2.19 bits per heavy atom. The molecule has 2 atom stereocenters. The quantitative estimate of drug-likeness (QED) is 0.820. The van der Waals surface area contributed by atoms with Crippen LogP contribution >= 0.6 is 0 Å². The normalized spacial score (nSPS) is 20.2. The maximum atomic E-state index is 10.1. The third kappa shape index (κ3) is 2.28. The predicted molar refractivity (Wildman–Crippen MR) is 66.2 cm³/mol. The average molecular weight is 219 g/mol. The van der Waals surface area contributed by atoms with Crippen LogP contribution in [0, 0.1) is 19.8 Å². The van der Waals surface area contributed by atoms with Gasteiger partial charge < -0.3 is 10.8 Å². The second-order valence-electron chi connectivity index (χ2n) is 5.13. The van der Waals surface area contributed by atoms with Crippen LogP contribution in [-0.2, 0) is 0 Å². The number of hydrogen-bond donors (Lipinski definition) is 2. The van der Waals surface area contributed by atoms with Gasteiger partial charge in [-0.2, -0.15) is 0 Å². The Morgan fingerprint density at radius 2 is 1.75 bits per heavy atom. The van der Waals surface area contributed by atoms with Crippen LogP contribution in [0.3, 0.4) is 0 Å². The van der Waals surface area contributed by atoms with Gasteiger partial charge in [0.25, 0.3) is 0 Å². The molecule has 0 spiro atoms. The molecule has 0 bridgehead atoms. The van der Waals surface area contributed by atoms with Gasteiger partial charge in [-0.05, 0) is 38.2 Å². The van der Waals surface area contributed by atoms with Gasteiger partial charge >= 0.3 is 0 Å². The van der Waals surface area contributed by atoms with E-state index in [0.717, 1.165) is 18.4 Å². The molecule has 1 aromatic rings. The number of aliphatic hydroxyl groups is 1. The fourth-order valence-corrected chi connectivity index (χ4v) is 2.47. The zero-order valence-electron chi connectivity index (χ0n) is 10.1. The first kappa shape index (κ1) is 11.6. The lowest BCUT2D eigenvalue weighted by Gasteiger charge is -2.34. The van der Waals surface area contributed by atoms with E-state index in [-0.39, 0.29) is 12.1 Å². The van der Waals surface area contributed by atoms with E-state index < -0.39 is 0 Å². The summed E-state index contributed by atoms with van der Waals surface area (Å²) in [5, 5.41) is 10.1. The Labute approximate surface area is 97.5 Å². The summed E-state index contributed by atoms with van der Waals surface area (Å²) in [6.45, 7) is 4.14. The molecule has 2 heteroatoms. The molecule has 1 saturated carbocycles. The van der Waals surface area contributed by atoms with Crippen molar-refractivity contribution in [2.75, 3.05) is 0 Å². The molecule has 1 fully saturated rings. The number of benzene rings is 1. The van der Waals surface area contributed by atoms with E-state index in [4.69, 9.17) is 5.73 Å². The molecule has 2 nitrogen and oxygen atoms in total. The summed E-state index contributed by atoms with van der Waals surface area (Å²) in [6.07, 6.45) is 3.11. The van der Waals surface area contributed by atoms with Crippen molar-refractivity contribution in [3.05, 3.63) is 34.9 Å². The van der Waals surface area contributed by atoms with Crippen LogP contribution in [0.4, 0.5) is 0 Å². The molecule has 0 amide bonds. The maximum absolute atomic E-state index is 10.1. The summed E-state index contributed by atoms with van der Waals surface area (Å²) in [4.78, 5) is 0. The molecule has 0 radical (unpaired) electrons. The van der Waals surface area contributed by atoms with Crippen LogP contribution in [-0.4, -0.2) is 11.2 Å². The van der Waals surface area contributed by atoms with Crippen molar-refractivity contribution in [3.63, 3.8) is 0 Å². The first-order valence-corrected chi connectivity index (χ1v) is 6.10. The lowest BCUT2D eigenvalue weighted by Crippen LogP contribution is -2.36. The first-order chi connectivity index (χ1) is 7.58. The van der Waals surface area contributed by atoms with E-state index in [1.807, 2.05) is 0 Å². The minimum atomic E-state index is -0.380. The molecule has 1 aromatic carbocycles. The zero-order valence-corrected chi connectivity index (χ0v) is 10.1. The molecule has 88 valence electrons. The maximum Gasteiger partial charge on any atom is 0.0760 e. The highest BCUT2D eigenvalue weighted by atomic mass is 16.3. The number of nitrogens with two attached hydrogens (primary N) is 1. The summed E-state index contributed by atoms with van der Waals surface area (Å²) in [7, 11) is 0. The van der Waals surface area contributed by atoms with Crippen molar-refractivity contribution in [2.45, 2.75) is 45.3 Å². The van der Waals surface area contributed by atoms with Crippen molar-refractivity contribution in [1.29, 1.82) is 0 Å². The Balaban J connectivity index is 2.15. The first-order valence-electron chi connectivity index (χ1n) is 6.10. The topological polar surface area (TPSA) is 46.2 Å². The molecule has 0 aromatic heterocycles. The molecule has 1 aliphatic rings. The Hall–Kier alpha value is -0.860.